The highest BCUT2D eigenvalue weighted by Gasteiger charge is 2.25. The predicted molar refractivity (Wildman–Crippen MR) is 105 cm³/mol. The van der Waals surface area contributed by atoms with Gasteiger partial charge in [0, 0.05) is 84.2 Å². The first-order chi connectivity index (χ1) is 12.2. The zero-order chi connectivity index (χ0) is 17.5. The molecule has 0 bridgehead atoms. The standard InChI is InChI=1S/C18H35N5OS/c1-21-8-9-25-15-17(11-21)14-23-6-3-19-10-16(13-23)12-22-5-2-18(24)20-4-7-22/h16-17,19H,2-15H2,1H3,(H,20,24). The molecular formula is C18H35N5OS. The van der Waals surface area contributed by atoms with Gasteiger partial charge in [0.15, 0.2) is 0 Å². The lowest BCUT2D eigenvalue weighted by molar-refractivity contribution is -0.120. The summed E-state index contributed by atoms with van der Waals surface area (Å²) >= 11 is 2.12. The fraction of sp³-hybridized carbons (Fsp3) is 0.944. The van der Waals surface area contributed by atoms with Gasteiger partial charge in [-0.2, -0.15) is 11.8 Å². The molecule has 25 heavy (non-hydrogen) atoms. The summed E-state index contributed by atoms with van der Waals surface area (Å²) in [5.74, 6) is 4.23. The summed E-state index contributed by atoms with van der Waals surface area (Å²) in [5.41, 5.74) is 0. The summed E-state index contributed by atoms with van der Waals surface area (Å²) in [5, 5.41) is 6.62. The monoisotopic (exact) mass is 369 g/mol. The lowest BCUT2D eigenvalue weighted by Gasteiger charge is -2.31. The van der Waals surface area contributed by atoms with Crippen molar-refractivity contribution >= 4 is 17.7 Å². The molecule has 7 heteroatoms. The van der Waals surface area contributed by atoms with Crippen LogP contribution in [0.1, 0.15) is 6.42 Å². The third-order valence-electron chi connectivity index (χ3n) is 5.53. The third-order valence-corrected chi connectivity index (χ3v) is 6.71. The second-order valence-electron chi connectivity index (χ2n) is 7.93. The van der Waals surface area contributed by atoms with Gasteiger partial charge in [0.1, 0.15) is 0 Å². The Bertz CT molecular complexity index is 424. The van der Waals surface area contributed by atoms with E-state index in [4.69, 9.17) is 0 Å². The average Bonchev–Trinajstić information content (AvgIpc) is 3.01. The number of hydrogen-bond donors (Lipinski definition) is 2. The van der Waals surface area contributed by atoms with Gasteiger partial charge < -0.3 is 25.3 Å². The number of hydrogen-bond acceptors (Lipinski definition) is 6. The van der Waals surface area contributed by atoms with Gasteiger partial charge in [-0.1, -0.05) is 0 Å². The summed E-state index contributed by atoms with van der Waals surface area (Å²) in [6.07, 6.45) is 0.648. The van der Waals surface area contributed by atoms with E-state index in [0.29, 0.717) is 12.3 Å². The Morgan fingerprint density at radius 3 is 2.80 bits per heavy atom. The Morgan fingerprint density at radius 2 is 1.88 bits per heavy atom. The van der Waals surface area contributed by atoms with Crippen LogP contribution in [-0.4, -0.2) is 111 Å². The molecule has 0 aromatic heterocycles. The van der Waals surface area contributed by atoms with Gasteiger partial charge in [-0.05, 0) is 24.6 Å². The zero-order valence-electron chi connectivity index (χ0n) is 15.7. The van der Waals surface area contributed by atoms with Crippen LogP contribution in [0.15, 0.2) is 0 Å². The van der Waals surface area contributed by atoms with Crippen LogP contribution in [0.2, 0.25) is 0 Å². The van der Waals surface area contributed by atoms with Crippen LogP contribution in [0.25, 0.3) is 0 Å². The number of amides is 1. The minimum atomic E-state index is 0.207. The number of nitrogens with one attached hydrogen (secondary N) is 2. The van der Waals surface area contributed by atoms with Crippen molar-refractivity contribution in [2.45, 2.75) is 6.42 Å². The summed E-state index contributed by atoms with van der Waals surface area (Å²) in [7, 11) is 2.26. The van der Waals surface area contributed by atoms with Gasteiger partial charge in [0.25, 0.3) is 0 Å². The molecule has 3 fully saturated rings. The molecule has 3 rings (SSSR count). The maximum Gasteiger partial charge on any atom is 0.221 e. The molecular weight excluding hydrogens is 334 g/mol. The Kier molecular flexibility index (Phi) is 7.86. The maximum atomic E-state index is 11.5. The van der Waals surface area contributed by atoms with Crippen LogP contribution in [0.4, 0.5) is 0 Å². The lowest BCUT2D eigenvalue weighted by Crippen LogP contribution is -2.42. The second-order valence-corrected chi connectivity index (χ2v) is 9.08. The molecule has 0 aliphatic carbocycles. The second kappa shape index (κ2) is 10.1. The molecule has 6 nitrogen and oxygen atoms in total. The molecule has 2 unspecified atom stereocenters. The molecule has 3 aliphatic heterocycles. The van der Waals surface area contributed by atoms with E-state index in [1.165, 1.54) is 44.2 Å². The fourth-order valence-corrected chi connectivity index (χ4v) is 5.40. The molecule has 0 aromatic carbocycles. The van der Waals surface area contributed by atoms with Crippen LogP contribution >= 0.6 is 11.8 Å². The first-order valence-corrected chi connectivity index (χ1v) is 11.0. The highest BCUT2D eigenvalue weighted by molar-refractivity contribution is 7.99. The molecule has 0 saturated carbocycles. The fourth-order valence-electron chi connectivity index (χ4n) is 4.24. The van der Waals surface area contributed by atoms with E-state index in [9.17, 15) is 4.79 Å². The van der Waals surface area contributed by atoms with Crippen LogP contribution in [0.5, 0.6) is 0 Å². The quantitative estimate of drug-likeness (QED) is 0.705. The van der Waals surface area contributed by atoms with Gasteiger partial charge in [-0.3, -0.25) is 4.79 Å². The normalized spacial score (nSPS) is 31.8. The number of thioether (sulfide) groups is 1. The van der Waals surface area contributed by atoms with Crippen molar-refractivity contribution in [3.8, 4) is 0 Å². The molecule has 0 spiro atoms. The molecule has 144 valence electrons. The highest BCUT2D eigenvalue weighted by Crippen LogP contribution is 2.17. The van der Waals surface area contributed by atoms with E-state index in [0.717, 1.165) is 45.2 Å². The molecule has 3 aliphatic rings. The molecule has 2 atom stereocenters. The SMILES string of the molecule is CN1CCSCC(CN2CCNCC(CN3CCNC(=O)CC3)C2)C1. The largest absolute Gasteiger partial charge is 0.355 e. The number of rotatable bonds is 4. The minimum Gasteiger partial charge on any atom is -0.355 e. The molecule has 3 heterocycles. The van der Waals surface area contributed by atoms with Crippen LogP contribution < -0.4 is 10.6 Å². The molecule has 0 aromatic rings. The van der Waals surface area contributed by atoms with Crippen LogP contribution in [-0.2, 0) is 4.79 Å². The maximum absolute atomic E-state index is 11.5. The van der Waals surface area contributed by atoms with E-state index in [-0.39, 0.29) is 5.91 Å². The van der Waals surface area contributed by atoms with Gasteiger partial charge in [0.2, 0.25) is 5.91 Å². The van der Waals surface area contributed by atoms with Gasteiger partial charge in [-0.25, -0.2) is 0 Å². The molecule has 0 radical (unpaired) electrons. The predicted octanol–water partition coefficient (Wildman–Crippen LogP) is -0.375. The topological polar surface area (TPSA) is 50.9 Å². The van der Waals surface area contributed by atoms with E-state index < -0.39 is 0 Å². The average molecular weight is 370 g/mol. The van der Waals surface area contributed by atoms with Gasteiger partial charge >= 0.3 is 0 Å². The summed E-state index contributed by atoms with van der Waals surface area (Å²) in [4.78, 5) is 19.2. The first-order valence-electron chi connectivity index (χ1n) is 9.87. The molecule has 1 amide bonds. The summed E-state index contributed by atoms with van der Waals surface area (Å²) < 4.78 is 0. The van der Waals surface area contributed by atoms with Crippen molar-refractivity contribution in [1.29, 1.82) is 0 Å². The number of carbonyl (C=O) groups is 1. The van der Waals surface area contributed by atoms with Gasteiger partial charge in [0.05, 0.1) is 0 Å². The van der Waals surface area contributed by atoms with E-state index in [1.54, 1.807) is 0 Å². The van der Waals surface area contributed by atoms with Gasteiger partial charge in [-0.15, -0.1) is 0 Å². The molecule has 3 saturated heterocycles. The number of nitrogens with zero attached hydrogens (tertiary/aromatic N) is 3. The summed E-state index contributed by atoms with van der Waals surface area (Å²) in [6, 6.07) is 0. The Morgan fingerprint density at radius 1 is 1.04 bits per heavy atom. The van der Waals surface area contributed by atoms with Crippen molar-refractivity contribution in [3.63, 3.8) is 0 Å². The van der Waals surface area contributed by atoms with E-state index >= 15 is 0 Å². The smallest absolute Gasteiger partial charge is 0.221 e. The van der Waals surface area contributed by atoms with Crippen molar-refractivity contribution in [1.82, 2.24) is 25.3 Å². The van der Waals surface area contributed by atoms with Crippen molar-refractivity contribution in [3.05, 3.63) is 0 Å². The van der Waals surface area contributed by atoms with Crippen LogP contribution in [0, 0.1) is 11.8 Å². The third kappa shape index (κ3) is 6.71. The van der Waals surface area contributed by atoms with E-state index in [2.05, 4.69) is 44.1 Å². The van der Waals surface area contributed by atoms with Crippen molar-refractivity contribution in [2.75, 3.05) is 90.5 Å². The summed E-state index contributed by atoms with van der Waals surface area (Å²) in [6.45, 7) is 12.1. The number of carbonyl (C=O) groups excluding carboxylic acids is 1. The Balaban J connectivity index is 1.49. The van der Waals surface area contributed by atoms with Crippen LogP contribution in [0.3, 0.4) is 0 Å². The lowest BCUT2D eigenvalue weighted by atomic mass is 10.1. The van der Waals surface area contributed by atoms with Crippen molar-refractivity contribution < 1.29 is 4.79 Å². The zero-order valence-corrected chi connectivity index (χ0v) is 16.5. The minimum absolute atomic E-state index is 0.207. The Hall–Kier alpha value is -0.340. The van der Waals surface area contributed by atoms with Crippen molar-refractivity contribution in [2.24, 2.45) is 11.8 Å². The highest BCUT2D eigenvalue weighted by atomic mass is 32.2. The molecule has 2 N–H and O–H groups in total. The van der Waals surface area contributed by atoms with E-state index in [1.807, 2.05) is 0 Å². The first kappa shape index (κ1) is 19.4. The Labute approximate surface area is 157 Å².